The van der Waals surface area contributed by atoms with Crippen molar-refractivity contribution in [1.29, 1.82) is 0 Å². The number of hydrogen-bond donors (Lipinski definition) is 0. The molecule has 0 N–H and O–H groups in total. The number of rotatable bonds is 5. The first-order valence-electron chi connectivity index (χ1n) is 9.52. The molecule has 0 spiro atoms. The summed E-state index contributed by atoms with van der Waals surface area (Å²) in [4.78, 5) is 30.2. The lowest BCUT2D eigenvalue weighted by molar-refractivity contribution is -0.150. The molecule has 1 heterocycles. The first kappa shape index (κ1) is 19.5. The number of benzene rings is 1. The van der Waals surface area contributed by atoms with Gasteiger partial charge in [0.05, 0.1) is 0 Å². The highest BCUT2D eigenvalue weighted by atomic mass is 16.2. The zero-order valence-electron chi connectivity index (χ0n) is 16.3. The summed E-state index contributed by atoms with van der Waals surface area (Å²) in [7, 11) is 0. The molecule has 1 fully saturated rings. The van der Waals surface area contributed by atoms with Crippen molar-refractivity contribution < 1.29 is 9.59 Å². The Morgan fingerprint density at radius 3 is 2.56 bits per heavy atom. The molecule has 1 saturated heterocycles. The first-order valence-corrected chi connectivity index (χ1v) is 9.52. The molecule has 1 aromatic rings. The van der Waals surface area contributed by atoms with Gasteiger partial charge in [-0.3, -0.25) is 9.59 Å². The fourth-order valence-corrected chi connectivity index (χ4v) is 3.72. The van der Waals surface area contributed by atoms with E-state index in [2.05, 4.69) is 6.92 Å². The van der Waals surface area contributed by atoms with E-state index < -0.39 is 5.41 Å². The van der Waals surface area contributed by atoms with E-state index in [9.17, 15) is 9.59 Å². The molecule has 0 aromatic heterocycles. The lowest BCUT2D eigenvalue weighted by atomic mass is 9.86. The van der Waals surface area contributed by atoms with E-state index in [4.69, 9.17) is 0 Å². The van der Waals surface area contributed by atoms with Gasteiger partial charge in [0.1, 0.15) is 5.41 Å². The molecule has 0 saturated carbocycles. The van der Waals surface area contributed by atoms with E-state index in [1.165, 1.54) is 6.42 Å². The standard InChI is InChI=1S/C21H32N2O2/c1-6-17-12-8-9-14-23(17)20(25)21(4,5)19(24)22(7-2)18-13-10-11-16(3)15-18/h10-11,13,15,17H,6-9,12,14H2,1-5H3. The maximum Gasteiger partial charge on any atom is 0.242 e. The molecule has 138 valence electrons. The fraction of sp³-hybridized carbons (Fsp3) is 0.619. The summed E-state index contributed by atoms with van der Waals surface area (Å²) in [6.45, 7) is 11.0. The van der Waals surface area contributed by atoms with Crippen LogP contribution < -0.4 is 4.90 Å². The summed E-state index contributed by atoms with van der Waals surface area (Å²) in [5, 5.41) is 0. The predicted molar refractivity (Wildman–Crippen MR) is 103 cm³/mol. The van der Waals surface area contributed by atoms with Crippen molar-refractivity contribution >= 4 is 17.5 Å². The van der Waals surface area contributed by atoms with Gasteiger partial charge in [0, 0.05) is 24.8 Å². The van der Waals surface area contributed by atoms with Crippen molar-refractivity contribution in [3.8, 4) is 0 Å². The summed E-state index contributed by atoms with van der Waals surface area (Å²) in [5.74, 6) is -0.152. The Labute approximate surface area is 152 Å². The van der Waals surface area contributed by atoms with Crippen LogP contribution in [0.15, 0.2) is 24.3 Å². The van der Waals surface area contributed by atoms with Gasteiger partial charge in [-0.25, -0.2) is 0 Å². The number of amides is 2. The van der Waals surface area contributed by atoms with Crippen molar-refractivity contribution in [1.82, 2.24) is 4.90 Å². The zero-order chi connectivity index (χ0) is 18.6. The van der Waals surface area contributed by atoms with Crippen molar-refractivity contribution in [2.24, 2.45) is 5.41 Å². The SMILES string of the molecule is CCC1CCCCN1C(=O)C(C)(C)C(=O)N(CC)c1cccc(C)c1. The Morgan fingerprint density at radius 1 is 1.24 bits per heavy atom. The van der Waals surface area contributed by atoms with Crippen LogP contribution in [0.25, 0.3) is 0 Å². The minimum atomic E-state index is -1.05. The number of hydrogen-bond acceptors (Lipinski definition) is 2. The number of likely N-dealkylation sites (tertiary alicyclic amines) is 1. The van der Waals surface area contributed by atoms with Gasteiger partial charge in [0.2, 0.25) is 11.8 Å². The molecule has 1 unspecified atom stereocenters. The van der Waals surface area contributed by atoms with Crippen LogP contribution in [0.1, 0.15) is 58.9 Å². The van der Waals surface area contributed by atoms with Gasteiger partial charge in [-0.05, 0) is 71.1 Å². The summed E-state index contributed by atoms with van der Waals surface area (Å²) >= 11 is 0. The predicted octanol–water partition coefficient (Wildman–Crippen LogP) is 4.17. The monoisotopic (exact) mass is 344 g/mol. The number of aryl methyl sites for hydroxylation is 1. The highest BCUT2D eigenvalue weighted by Crippen LogP contribution is 2.30. The van der Waals surface area contributed by atoms with Crippen LogP contribution in [0.2, 0.25) is 0 Å². The van der Waals surface area contributed by atoms with Crippen LogP contribution in [0.4, 0.5) is 5.69 Å². The van der Waals surface area contributed by atoms with Gasteiger partial charge in [-0.2, -0.15) is 0 Å². The Kier molecular flexibility index (Phi) is 6.26. The van der Waals surface area contributed by atoms with E-state index in [0.29, 0.717) is 6.54 Å². The highest BCUT2D eigenvalue weighted by Gasteiger charge is 2.43. The molecule has 1 aromatic carbocycles. The number of nitrogens with zero attached hydrogens (tertiary/aromatic N) is 2. The number of carbonyl (C=O) groups excluding carboxylic acids is 2. The van der Waals surface area contributed by atoms with Crippen molar-refractivity contribution in [2.45, 2.75) is 66.3 Å². The van der Waals surface area contributed by atoms with Crippen LogP contribution in [-0.2, 0) is 9.59 Å². The zero-order valence-corrected chi connectivity index (χ0v) is 16.3. The van der Waals surface area contributed by atoms with E-state index in [1.807, 2.05) is 43.0 Å². The third-order valence-electron chi connectivity index (χ3n) is 5.30. The molecule has 2 amide bonds. The van der Waals surface area contributed by atoms with Crippen LogP contribution in [0.3, 0.4) is 0 Å². The Morgan fingerprint density at radius 2 is 1.96 bits per heavy atom. The van der Waals surface area contributed by atoms with E-state index in [0.717, 1.165) is 37.1 Å². The second-order valence-electron chi connectivity index (χ2n) is 7.57. The summed E-state index contributed by atoms with van der Waals surface area (Å²) < 4.78 is 0. The maximum atomic E-state index is 13.3. The van der Waals surface area contributed by atoms with Gasteiger partial charge < -0.3 is 9.80 Å². The van der Waals surface area contributed by atoms with E-state index in [1.54, 1.807) is 18.7 Å². The second-order valence-corrected chi connectivity index (χ2v) is 7.57. The van der Waals surface area contributed by atoms with Crippen molar-refractivity contribution in [3.63, 3.8) is 0 Å². The molecule has 0 aliphatic carbocycles. The molecule has 2 rings (SSSR count). The van der Waals surface area contributed by atoms with Crippen LogP contribution in [0.5, 0.6) is 0 Å². The minimum absolute atomic E-state index is 0.0323. The minimum Gasteiger partial charge on any atom is -0.339 e. The normalized spacial score (nSPS) is 18.1. The molecular formula is C21H32N2O2. The van der Waals surface area contributed by atoms with Gasteiger partial charge >= 0.3 is 0 Å². The Hall–Kier alpha value is -1.84. The second kappa shape index (κ2) is 8.03. The van der Waals surface area contributed by atoms with Crippen LogP contribution in [-0.4, -0.2) is 35.8 Å². The largest absolute Gasteiger partial charge is 0.339 e. The fourth-order valence-electron chi connectivity index (χ4n) is 3.72. The molecule has 1 aliphatic heterocycles. The summed E-state index contributed by atoms with van der Waals surface area (Å²) in [5.41, 5.74) is 0.916. The smallest absolute Gasteiger partial charge is 0.242 e. The lowest BCUT2D eigenvalue weighted by Gasteiger charge is -2.40. The van der Waals surface area contributed by atoms with Crippen LogP contribution >= 0.6 is 0 Å². The van der Waals surface area contributed by atoms with Gasteiger partial charge in [-0.1, -0.05) is 19.1 Å². The highest BCUT2D eigenvalue weighted by molar-refractivity contribution is 6.11. The number of anilines is 1. The Bertz CT molecular complexity index is 624. The lowest BCUT2D eigenvalue weighted by Crippen LogP contribution is -2.54. The topological polar surface area (TPSA) is 40.6 Å². The first-order chi connectivity index (χ1) is 11.8. The summed E-state index contributed by atoms with van der Waals surface area (Å²) in [6, 6.07) is 8.16. The molecular weight excluding hydrogens is 312 g/mol. The van der Waals surface area contributed by atoms with E-state index >= 15 is 0 Å². The molecule has 4 nitrogen and oxygen atoms in total. The number of piperidine rings is 1. The average Bonchev–Trinajstić information content (AvgIpc) is 2.61. The summed E-state index contributed by atoms with van der Waals surface area (Å²) in [6.07, 6.45) is 4.19. The Balaban J connectivity index is 2.26. The third-order valence-corrected chi connectivity index (χ3v) is 5.30. The number of carbonyl (C=O) groups is 2. The van der Waals surface area contributed by atoms with Gasteiger partial charge in [0.25, 0.3) is 0 Å². The van der Waals surface area contributed by atoms with Crippen molar-refractivity contribution in [3.05, 3.63) is 29.8 Å². The van der Waals surface area contributed by atoms with E-state index in [-0.39, 0.29) is 17.9 Å². The quantitative estimate of drug-likeness (QED) is 0.752. The molecule has 0 radical (unpaired) electrons. The molecule has 0 bridgehead atoms. The average molecular weight is 344 g/mol. The molecule has 1 atom stereocenters. The van der Waals surface area contributed by atoms with Gasteiger partial charge in [-0.15, -0.1) is 0 Å². The van der Waals surface area contributed by atoms with Crippen LogP contribution in [0, 0.1) is 12.3 Å². The molecule has 4 heteroatoms. The maximum absolute atomic E-state index is 13.3. The molecule has 25 heavy (non-hydrogen) atoms. The third kappa shape index (κ3) is 4.05. The van der Waals surface area contributed by atoms with Crippen molar-refractivity contribution in [2.75, 3.05) is 18.0 Å². The molecule has 1 aliphatic rings. The van der Waals surface area contributed by atoms with Gasteiger partial charge in [0.15, 0.2) is 0 Å².